The number of benzene rings is 3. The Morgan fingerprint density at radius 1 is 1.00 bits per heavy atom. The number of hydrogen-bond donors (Lipinski definition) is 0. The molecule has 6 heteroatoms. The highest BCUT2D eigenvalue weighted by Crippen LogP contribution is 2.37. The van der Waals surface area contributed by atoms with Crippen molar-refractivity contribution in [1.29, 1.82) is 0 Å². The summed E-state index contributed by atoms with van der Waals surface area (Å²) in [5.41, 5.74) is 6.16. The van der Waals surface area contributed by atoms with Gasteiger partial charge in [0.2, 0.25) is 6.29 Å². The lowest BCUT2D eigenvalue weighted by Gasteiger charge is -2.28. The summed E-state index contributed by atoms with van der Waals surface area (Å²) in [4.78, 5) is 12.7. The van der Waals surface area contributed by atoms with Crippen LogP contribution in [0.2, 0.25) is 0 Å². The Labute approximate surface area is 196 Å². The molecule has 1 aliphatic carbocycles. The molecule has 4 aromatic rings. The number of fused-ring (bicyclic) bond motifs is 3. The Balaban J connectivity index is 1.18. The number of hydrogen-bond acceptors (Lipinski definition) is 5. The molecule has 1 aromatic heterocycles. The molecule has 3 aromatic carbocycles. The second-order valence-corrected chi connectivity index (χ2v) is 8.79. The third kappa shape index (κ3) is 3.94. The summed E-state index contributed by atoms with van der Waals surface area (Å²) in [6.45, 7) is 0.116. The van der Waals surface area contributed by atoms with Gasteiger partial charge in [-0.2, -0.15) is 0 Å². The maximum atomic E-state index is 14.2. The van der Waals surface area contributed by atoms with Crippen LogP contribution in [0, 0.1) is 5.82 Å². The normalized spacial score (nSPS) is 16.7. The van der Waals surface area contributed by atoms with E-state index in [-0.39, 0.29) is 19.6 Å². The molecule has 172 valence electrons. The van der Waals surface area contributed by atoms with Gasteiger partial charge in [0.25, 0.3) is 0 Å². The predicted molar refractivity (Wildman–Crippen MR) is 123 cm³/mol. The van der Waals surface area contributed by atoms with Crippen LogP contribution in [0.4, 0.5) is 4.39 Å². The monoisotopic (exact) mass is 458 g/mol. The van der Waals surface area contributed by atoms with Gasteiger partial charge < -0.3 is 18.6 Å². The van der Waals surface area contributed by atoms with E-state index in [9.17, 15) is 9.18 Å². The van der Waals surface area contributed by atoms with Crippen molar-refractivity contribution >= 4 is 16.9 Å². The topological polar surface area (TPSA) is 57.9 Å². The maximum Gasteiger partial charge on any atom is 0.310 e. The zero-order valence-electron chi connectivity index (χ0n) is 18.5. The van der Waals surface area contributed by atoms with Crippen LogP contribution in [0.1, 0.15) is 46.1 Å². The van der Waals surface area contributed by atoms with Crippen molar-refractivity contribution in [3.63, 3.8) is 0 Å². The Kier molecular flexibility index (Phi) is 5.30. The number of carbonyl (C=O) groups is 1. The Morgan fingerprint density at radius 3 is 2.68 bits per heavy atom. The average molecular weight is 458 g/mol. The van der Waals surface area contributed by atoms with Crippen LogP contribution in [0.15, 0.2) is 65.3 Å². The number of furan rings is 1. The first-order valence-electron chi connectivity index (χ1n) is 11.5. The average Bonchev–Trinajstić information content (AvgIpc) is 3.47. The van der Waals surface area contributed by atoms with Gasteiger partial charge in [0, 0.05) is 27.6 Å². The number of rotatable bonds is 5. The van der Waals surface area contributed by atoms with Crippen molar-refractivity contribution in [2.45, 2.75) is 45.2 Å². The van der Waals surface area contributed by atoms with E-state index in [0.717, 1.165) is 41.4 Å². The lowest BCUT2D eigenvalue weighted by molar-refractivity contribution is -0.144. The summed E-state index contributed by atoms with van der Waals surface area (Å²) >= 11 is 0. The van der Waals surface area contributed by atoms with Gasteiger partial charge in [-0.05, 0) is 54.7 Å². The summed E-state index contributed by atoms with van der Waals surface area (Å²) in [6.07, 6.45) is 4.37. The van der Waals surface area contributed by atoms with Crippen molar-refractivity contribution in [1.82, 2.24) is 0 Å². The van der Waals surface area contributed by atoms with Crippen molar-refractivity contribution < 1.29 is 27.8 Å². The summed E-state index contributed by atoms with van der Waals surface area (Å²) in [7, 11) is 0. The highest BCUT2D eigenvalue weighted by Gasteiger charge is 2.26. The van der Waals surface area contributed by atoms with E-state index >= 15 is 0 Å². The number of esters is 1. The fraction of sp³-hybridized carbons (Fsp3) is 0.250. The smallest absolute Gasteiger partial charge is 0.310 e. The number of carbonyl (C=O) groups excluding carboxylic acids is 1. The summed E-state index contributed by atoms with van der Waals surface area (Å²) in [5, 5.41) is 0.951. The van der Waals surface area contributed by atoms with Gasteiger partial charge in [-0.1, -0.05) is 30.3 Å². The fourth-order valence-corrected chi connectivity index (χ4v) is 4.81. The van der Waals surface area contributed by atoms with Crippen LogP contribution in [-0.2, 0) is 46.7 Å². The molecule has 0 radical (unpaired) electrons. The molecule has 0 fully saturated rings. The molecule has 6 rings (SSSR count). The van der Waals surface area contributed by atoms with Crippen molar-refractivity contribution in [2.75, 3.05) is 0 Å². The molecule has 5 nitrogen and oxygen atoms in total. The second kappa shape index (κ2) is 8.61. The number of aryl methyl sites for hydroxylation is 2. The standard InChI is InChI=1S/C28H23FO5/c29-23-9-21(27-22(10-23)16-33-28(34-27)17-5-2-1-3-6-17)15-32-26(30)13-20-14-31-25-12-19-8-4-7-18(19)11-24(20)25/h1-3,5-6,9-12,14,28H,4,7-8,13,15-16H2/t28-/m0/s1. The Hall–Kier alpha value is -3.64. The number of halogens is 1. The van der Waals surface area contributed by atoms with Gasteiger partial charge in [-0.25, -0.2) is 4.39 Å². The van der Waals surface area contributed by atoms with Gasteiger partial charge in [0.1, 0.15) is 23.8 Å². The molecule has 34 heavy (non-hydrogen) atoms. The first-order valence-corrected chi connectivity index (χ1v) is 11.5. The van der Waals surface area contributed by atoms with Crippen LogP contribution >= 0.6 is 0 Å². The summed E-state index contributed by atoms with van der Waals surface area (Å²) in [5.74, 6) is -0.337. The quantitative estimate of drug-likeness (QED) is 0.346. The second-order valence-electron chi connectivity index (χ2n) is 8.79. The number of ether oxygens (including phenoxy) is 3. The molecule has 0 spiro atoms. The third-order valence-electron chi connectivity index (χ3n) is 6.49. The minimum atomic E-state index is -0.604. The fourth-order valence-electron chi connectivity index (χ4n) is 4.81. The third-order valence-corrected chi connectivity index (χ3v) is 6.49. The molecule has 0 saturated heterocycles. The van der Waals surface area contributed by atoms with Crippen LogP contribution in [0.25, 0.3) is 11.0 Å². The highest BCUT2D eigenvalue weighted by molar-refractivity contribution is 5.87. The van der Waals surface area contributed by atoms with Gasteiger partial charge in [0.05, 0.1) is 19.3 Å². The van der Waals surface area contributed by atoms with Crippen LogP contribution < -0.4 is 4.74 Å². The Morgan fingerprint density at radius 2 is 1.82 bits per heavy atom. The van der Waals surface area contributed by atoms with Crippen LogP contribution in [0.3, 0.4) is 0 Å². The van der Waals surface area contributed by atoms with Crippen molar-refractivity contribution in [2.24, 2.45) is 0 Å². The van der Waals surface area contributed by atoms with E-state index in [2.05, 4.69) is 12.1 Å². The van der Waals surface area contributed by atoms with Gasteiger partial charge in [-0.3, -0.25) is 4.79 Å². The molecule has 1 aliphatic heterocycles. The minimum Gasteiger partial charge on any atom is -0.464 e. The first-order chi connectivity index (χ1) is 16.6. The molecule has 1 atom stereocenters. The van der Waals surface area contributed by atoms with Crippen LogP contribution in [0.5, 0.6) is 5.75 Å². The summed E-state index contributed by atoms with van der Waals surface area (Å²) in [6, 6.07) is 16.5. The van der Waals surface area contributed by atoms with Crippen molar-refractivity contribution in [3.05, 3.63) is 100 Å². The van der Waals surface area contributed by atoms with E-state index in [1.165, 1.54) is 23.3 Å². The Bertz CT molecular complexity index is 1370. The molecule has 0 amide bonds. The zero-order chi connectivity index (χ0) is 23.1. The van der Waals surface area contributed by atoms with E-state index in [0.29, 0.717) is 16.9 Å². The van der Waals surface area contributed by atoms with Crippen molar-refractivity contribution in [3.8, 4) is 5.75 Å². The van der Waals surface area contributed by atoms with Crippen LogP contribution in [-0.4, -0.2) is 5.97 Å². The van der Waals surface area contributed by atoms with Gasteiger partial charge >= 0.3 is 5.97 Å². The van der Waals surface area contributed by atoms with E-state index < -0.39 is 18.1 Å². The highest BCUT2D eigenvalue weighted by atomic mass is 19.1. The molecule has 0 saturated carbocycles. The SMILES string of the molecule is O=C(Cc1coc2cc3c(cc12)CCC3)OCc1cc(F)cc2c1O[C@@H](c1ccccc1)OC2. The van der Waals surface area contributed by atoms with E-state index in [1.807, 2.05) is 30.3 Å². The first kappa shape index (κ1) is 20.9. The molecule has 0 unspecified atom stereocenters. The van der Waals surface area contributed by atoms with Gasteiger partial charge in [-0.15, -0.1) is 0 Å². The van der Waals surface area contributed by atoms with E-state index in [4.69, 9.17) is 18.6 Å². The van der Waals surface area contributed by atoms with E-state index in [1.54, 1.807) is 6.26 Å². The maximum absolute atomic E-state index is 14.2. The van der Waals surface area contributed by atoms with Gasteiger partial charge in [0.15, 0.2) is 0 Å². The zero-order valence-corrected chi connectivity index (χ0v) is 18.5. The molecule has 2 heterocycles. The molecule has 0 bridgehead atoms. The molecular formula is C28H23FO5. The lowest BCUT2D eigenvalue weighted by atomic mass is 10.0. The molecule has 0 N–H and O–H groups in total. The largest absolute Gasteiger partial charge is 0.464 e. The molecule has 2 aliphatic rings. The minimum absolute atomic E-state index is 0.0832. The molecular weight excluding hydrogens is 435 g/mol. The lowest BCUT2D eigenvalue weighted by Crippen LogP contribution is -2.20. The predicted octanol–water partition coefficient (Wildman–Crippen LogP) is 5.95. The summed E-state index contributed by atoms with van der Waals surface area (Å²) < 4.78 is 37.3.